The van der Waals surface area contributed by atoms with Crippen molar-refractivity contribution in [1.29, 1.82) is 0 Å². The van der Waals surface area contributed by atoms with Crippen molar-refractivity contribution in [3.05, 3.63) is 21.9 Å². The van der Waals surface area contributed by atoms with E-state index in [-0.39, 0.29) is 0 Å². The molecular weight excluding hydrogens is 304 g/mol. The average molecular weight is 339 g/mol. The zero-order valence-corrected chi connectivity index (χ0v) is 16.3. The Labute approximate surface area is 146 Å². The van der Waals surface area contributed by atoms with Crippen LogP contribution in [0.3, 0.4) is 0 Å². The molecule has 132 valence electrons. The summed E-state index contributed by atoms with van der Waals surface area (Å²) in [6, 6.07) is 4.80. The molecule has 1 atom stereocenters. The highest BCUT2D eigenvalue weighted by atomic mass is 32.1. The Balaban J connectivity index is 2.21. The number of unbranched alkanes of at least 4 members (excludes halogenated alkanes) is 1. The van der Waals surface area contributed by atoms with Crippen LogP contribution < -0.4 is 10.6 Å². The van der Waals surface area contributed by atoms with Crippen LogP contribution in [0.5, 0.6) is 0 Å². The normalized spacial score (nSPS) is 13.4. The van der Waals surface area contributed by atoms with E-state index in [1.54, 1.807) is 0 Å². The second kappa shape index (κ2) is 11.5. The predicted octanol–water partition coefficient (Wildman–Crippen LogP) is 3.27. The first-order valence-electron chi connectivity index (χ1n) is 8.83. The summed E-state index contributed by atoms with van der Waals surface area (Å²) in [6.45, 7) is 13.3. The van der Waals surface area contributed by atoms with Crippen molar-refractivity contribution >= 4 is 17.3 Å². The molecule has 0 aliphatic rings. The lowest BCUT2D eigenvalue weighted by Gasteiger charge is -2.19. The van der Waals surface area contributed by atoms with Crippen molar-refractivity contribution in [2.45, 2.75) is 53.0 Å². The highest BCUT2D eigenvalue weighted by Gasteiger charge is 2.07. The molecule has 0 aromatic carbocycles. The summed E-state index contributed by atoms with van der Waals surface area (Å²) in [5.41, 5.74) is 0. The van der Waals surface area contributed by atoms with Crippen molar-refractivity contribution in [2.75, 3.05) is 33.2 Å². The fourth-order valence-corrected chi connectivity index (χ4v) is 3.60. The van der Waals surface area contributed by atoms with Gasteiger partial charge in [-0.05, 0) is 58.5 Å². The average Bonchev–Trinajstić information content (AvgIpc) is 2.94. The molecule has 0 amide bonds. The largest absolute Gasteiger partial charge is 0.356 e. The topological polar surface area (TPSA) is 39.7 Å². The summed E-state index contributed by atoms with van der Waals surface area (Å²) in [7, 11) is 1.84. The van der Waals surface area contributed by atoms with Crippen molar-refractivity contribution in [3.8, 4) is 0 Å². The second-order valence-electron chi connectivity index (χ2n) is 5.99. The zero-order valence-electron chi connectivity index (χ0n) is 15.5. The highest BCUT2D eigenvalue weighted by Crippen LogP contribution is 2.16. The molecule has 0 fully saturated rings. The van der Waals surface area contributed by atoms with E-state index in [0.717, 1.165) is 32.0 Å². The minimum absolute atomic E-state index is 0.384. The molecule has 5 heteroatoms. The van der Waals surface area contributed by atoms with Gasteiger partial charge in [-0.3, -0.25) is 4.99 Å². The monoisotopic (exact) mass is 338 g/mol. The minimum Gasteiger partial charge on any atom is -0.356 e. The summed E-state index contributed by atoms with van der Waals surface area (Å²) in [6.07, 6.45) is 3.45. The number of thiophene rings is 1. The zero-order chi connectivity index (χ0) is 17.1. The SMILES string of the molecule is CCN(CC)CCCCNC(=NC)NC(C)Cc1ccc(C)s1. The maximum atomic E-state index is 4.33. The van der Waals surface area contributed by atoms with E-state index in [4.69, 9.17) is 0 Å². The number of rotatable bonds is 10. The van der Waals surface area contributed by atoms with Gasteiger partial charge in [-0.25, -0.2) is 0 Å². The maximum absolute atomic E-state index is 4.33. The van der Waals surface area contributed by atoms with Crippen molar-refractivity contribution < 1.29 is 0 Å². The van der Waals surface area contributed by atoms with Gasteiger partial charge in [0.05, 0.1) is 0 Å². The van der Waals surface area contributed by atoms with Crippen LogP contribution in [-0.4, -0.2) is 50.1 Å². The summed E-state index contributed by atoms with van der Waals surface area (Å²) in [5.74, 6) is 0.911. The number of guanidine groups is 1. The highest BCUT2D eigenvalue weighted by molar-refractivity contribution is 7.11. The first kappa shape index (κ1) is 20.0. The number of hydrogen-bond donors (Lipinski definition) is 2. The van der Waals surface area contributed by atoms with Crippen LogP contribution in [0.2, 0.25) is 0 Å². The lowest BCUT2D eigenvalue weighted by Crippen LogP contribution is -2.43. The lowest BCUT2D eigenvalue weighted by molar-refractivity contribution is 0.297. The Hall–Kier alpha value is -1.07. The molecule has 1 aromatic rings. The molecule has 23 heavy (non-hydrogen) atoms. The molecule has 1 heterocycles. The van der Waals surface area contributed by atoms with Crippen LogP contribution in [0.4, 0.5) is 0 Å². The molecule has 0 spiro atoms. The number of aliphatic imine (C=N–C) groups is 1. The third-order valence-electron chi connectivity index (χ3n) is 4.00. The van der Waals surface area contributed by atoms with Crippen LogP contribution in [0, 0.1) is 6.92 Å². The number of nitrogens with one attached hydrogen (secondary N) is 2. The van der Waals surface area contributed by atoms with Crippen LogP contribution in [0.1, 0.15) is 43.4 Å². The van der Waals surface area contributed by atoms with Gasteiger partial charge in [0.1, 0.15) is 0 Å². The van der Waals surface area contributed by atoms with E-state index in [1.807, 2.05) is 18.4 Å². The molecule has 4 nitrogen and oxygen atoms in total. The predicted molar refractivity (Wildman–Crippen MR) is 104 cm³/mol. The second-order valence-corrected chi connectivity index (χ2v) is 7.37. The van der Waals surface area contributed by atoms with E-state index in [1.165, 1.54) is 29.1 Å². The molecule has 0 radical (unpaired) electrons. The molecule has 1 unspecified atom stereocenters. The Morgan fingerprint density at radius 3 is 2.57 bits per heavy atom. The smallest absolute Gasteiger partial charge is 0.191 e. The van der Waals surface area contributed by atoms with E-state index in [0.29, 0.717) is 6.04 Å². The number of hydrogen-bond acceptors (Lipinski definition) is 3. The molecule has 0 aliphatic carbocycles. The Morgan fingerprint density at radius 2 is 2.00 bits per heavy atom. The molecule has 0 aliphatic heterocycles. The van der Waals surface area contributed by atoms with Gasteiger partial charge in [-0.15, -0.1) is 11.3 Å². The quantitative estimate of drug-likeness (QED) is 0.391. The Kier molecular flexibility index (Phi) is 9.96. The van der Waals surface area contributed by atoms with Crippen molar-refractivity contribution in [2.24, 2.45) is 4.99 Å². The minimum atomic E-state index is 0.384. The van der Waals surface area contributed by atoms with Gasteiger partial charge in [0.2, 0.25) is 0 Å². The molecule has 0 saturated carbocycles. The first-order valence-corrected chi connectivity index (χ1v) is 9.65. The van der Waals surface area contributed by atoms with Crippen LogP contribution in [0.15, 0.2) is 17.1 Å². The lowest BCUT2D eigenvalue weighted by atomic mass is 10.2. The molecule has 0 bridgehead atoms. The van der Waals surface area contributed by atoms with Crippen LogP contribution >= 0.6 is 11.3 Å². The van der Waals surface area contributed by atoms with Crippen molar-refractivity contribution in [3.63, 3.8) is 0 Å². The molecule has 1 rings (SSSR count). The van der Waals surface area contributed by atoms with Crippen molar-refractivity contribution in [1.82, 2.24) is 15.5 Å². The van der Waals surface area contributed by atoms with Gasteiger partial charge in [0, 0.05) is 35.8 Å². The molecule has 0 saturated heterocycles. The fraction of sp³-hybridized carbons (Fsp3) is 0.722. The van der Waals surface area contributed by atoms with Crippen LogP contribution in [0.25, 0.3) is 0 Å². The van der Waals surface area contributed by atoms with E-state index in [9.17, 15) is 0 Å². The first-order chi connectivity index (χ1) is 11.1. The third kappa shape index (κ3) is 8.37. The Bertz CT molecular complexity index is 452. The molecular formula is C18H34N4S. The standard InChI is InChI=1S/C18H34N4S/c1-6-22(7-2)13-9-8-12-20-18(19-5)21-15(3)14-17-11-10-16(4)23-17/h10-11,15H,6-9,12-14H2,1-5H3,(H2,19,20,21). The van der Waals surface area contributed by atoms with Gasteiger partial charge >= 0.3 is 0 Å². The van der Waals surface area contributed by atoms with Gasteiger partial charge in [-0.1, -0.05) is 13.8 Å². The Morgan fingerprint density at radius 1 is 1.26 bits per heavy atom. The molecule has 1 aromatic heterocycles. The third-order valence-corrected chi connectivity index (χ3v) is 5.02. The van der Waals surface area contributed by atoms with E-state index in [2.05, 4.69) is 60.4 Å². The van der Waals surface area contributed by atoms with Gasteiger partial charge in [0.15, 0.2) is 5.96 Å². The van der Waals surface area contributed by atoms with Gasteiger partial charge in [0.25, 0.3) is 0 Å². The fourth-order valence-electron chi connectivity index (χ4n) is 2.58. The van der Waals surface area contributed by atoms with E-state index >= 15 is 0 Å². The summed E-state index contributed by atoms with van der Waals surface area (Å²) < 4.78 is 0. The number of nitrogens with zero attached hydrogens (tertiary/aromatic N) is 2. The summed E-state index contributed by atoms with van der Waals surface area (Å²) in [5, 5.41) is 6.91. The maximum Gasteiger partial charge on any atom is 0.191 e. The molecule has 2 N–H and O–H groups in total. The van der Waals surface area contributed by atoms with Gasteiger partial charge in [-0.2, -0.15) is 0 Å². The number of aryl methyl sites for hydroxylation is 1. The van der Waals surface area contributed by atoms with Gasteiger partial charge < -0.3 is 15.5 Å². The van der Waals surface area contributed by atoms with E-state index < -0.39 is 0 Å². The van der Waals surface area contributed by atoms with Crippen LogP contribution in [-0.2, 0) is 6.42 Å². The summed E-state index contributed by atoms with van der Waals surface area (Å²) in [4.78, 5) is 9.60. The summed E-state index contributed by atoms with van der Waals surface area (Å²) >= 11 is 1.88.